The lowest BCUT2D eigenvalue weighted by molar-refractivity contribution is 0.426. The molecule has 0 aliphatic heterocycles. The molecule has 2 aromatic heterocycles. The first kappa shape index (κ1) is 14.2. The highest BCUT2D eigenvalue weighted by Crippen LogP contribution is 2.23. The summed E-state index contributed by atoms with van der Waals surface area (Å²) in [6.45, 7) is 0. The largest absolute Gasteiger partial charge is 0.488 e. The molecule has 11 heteroatoms. The van der Waals surface area contributed by atoms with Crippen LogP contribution in [0.25, 0.3) is 16.2 Å². The molecule has 1 aromatic carbocycles. The summed E-state index contributed by atoms with van der Waals surface area (Å²) in [6.07, 6.45) is 1.57. The Morgan fingerprint density at radius 3 is 2.43 bits per heavy atom. The first-order valence-electron chi connectivity index (χ1n) is 5.70. The smallest absolute Gasteiger partial charge is 0.423 e. The molecular weight excluding hydrogens is 315 g/mol. The minimum Gasteiger partial charge on any atom is -0.423 e. The van der Waals surface area contributed by atoms with Gasteiger partial charge in [-0.3, -0.25) is 0 Å². The molecule has 0 aliphatic rings. The van der Waals surface area contributed by atoms with Crippen molar-refractivity contribution in [2.24, 2.45) is 5.14 Å². The van der Waals surface area contributed by atoms with E-state index in [1.165, 1.54) is 4.52 Å². The standard InChI is InChI=1S/C10H9BN4O4S2/c12-21(18,19)10-14-15-5-8(13-9(15)20-10)6-1-3-7(4-2-6)11(16)17/h1-5,16-17H,(H2,12,18,19). The summed E-state index contributed by atoms with van der Waals surface area (Å²) in [4.78, 5) is 4.67. The third-order valence-electron chi connectivity index (χ3n) is 2.77. The molecule has 0 saturated carbocycles. The Morgan fingerprint density at radius 1 is 1.24 bits per heavy atom. The molecule has 2 heterocycles. The maximum atomic E-state index is 11.2. The zero-order chi connectivity index (χ0) is 15.2. The first-order valence-corrected chi connectivity index (χ1v) is 8.06. The Bertz CT molecular complexity index is 869. The molecule has 0 fully saturated rings. The minimum atomic E-state index is -3.84. The number of aromatic nitrogens is 3. The Hall–Kier alpha value is -1.79. The van der Waals surface area contributed by atoms with Gasteiger partial charge in [0.2, 0.25) is 9.30 Å². The topological polar surface area (TPSA) is 131 Å². The van der Waals surface area contributed by atoms with Crippen LogP contribution in [0.1, 0.15) is 0 Å². The van der Waals surface area contributed by atoms with Crippen molar-refractivity contribution >= 4 is 38.9 Å². The third kappa shape index (κ3) is 2.69. The normalized spacial score (nSPS) is 12.0. The highest BCUT2D eigenvalue weighted by molar-refractivity contribution is 7.91. The number of fused-ring (bicyclic) bond motifs is 1. The summed E-state index contributed by atoms with van der Waals surface area (Å²) >= 11 is 0.876. The molecular formula is C10H9BN4O4S2. The number of imidazole rings is 1. The summed E-state index contributed by atoms with van der Waals surface area (Å²) in [7, 11) is -5.36. The fourth-order valence-corrected chi connectivity index (χ4v) is 3.27. The van der Waals surface area contributed by atoms with Gasteiger partial charge in [-0.15, -0.1) is 5.10 Å². The fraction of sp³-hybridized carbons (Fsp3) is 0. The van der Waals surface area contributed by atoms with Crippen LogP contribution < -0.4 is 10.6 Å². The van der Waals surface area contributed by atoms with E-state index in [9.17, 15) is 8.42 Å². The summed E-state index contributed by atoms with van der Waals surface area (Å²) in [5.41, 5.74) is 1.71. The van der Waals surface area contributed by atoms with E-state index in [4.69, 9.17) is 15.2 Å². The number of hydrogen-bond donors (Lipinski definition) is 3. The van der Waals surface area contributed by atoms with Crippen LogP contribution in [0.4, 0.5) is 0 Å². The molecule has 0 atom stereocenters. The molecule has 108 valence electrons. The van der Waals surface area contributed by atoms with Gasteiger partial charge in [-0.2, -0.15) is 0 Å². The Kier molecular flexibility index (Phi) is 3.30. The van der Waals surface area contributed by atoms with Crippen LogP contribution in [0.2, 0.25) is 0 Å². The Labute approximate surface area is 123 Å². The molecule has 0 bridgehead atoms. The van der Waals surface area contributed by atoms with E-state index in [1.54, 1.807) is 30.5 Å². The second-order valence-corrected chi connectivity index (χ2v) is 6.95. The second-order valence-electron chi connectivity index (χ2n) is 4.26. The van der Waals surface area contributed by atoms with Gasteiger partial charge in [-0.25, -0.2) is 23.1 Å². The lowest BCUT2D eigenvalue weighted by Crippen LogP contribution is -2.29. The van der Waals surface area contributed by atoms with E-state index in [-0.39, 0.29) is 4.34 Å². The lowest BCUT2D eigenvalue weighted by atomic mass is 9.80. The van der Waals surface area contributed by atoms with E-state index >= 15 is 0 Å². The molecule has 21 heavy (non-hydrogen) atoms. The molecule has 0 unspecified atom stereocenters. The van der Waals surface area contributed by atoms with Gasteiger partial charge in [0, 0.05) is 5.56 Å². The van der Waals surface area contributed by atoms with Crippen molar-refractivity contribution in [3.63, 3.8) is 0 Å². The minimum absolute atomic E-state index is 0.199. The van der Waals surface area contributed by atoms with E-state index in [0.717, 1.165) is 16.9 Å². The van der Waals surface area contributed by atoms with Gasteiger partial charge < -0.3 is 10.0 Å². The number of nitrogens with zero attached hydrogens (tertiary/aromatic N) is 3. The summed E-state index contributed by atoms with van der Waals surface area (Å²) in [5, 5.41) is 26.9. The SMILES string of the molecule is NS(=O)(=O)c1nn2cc(-c3ccc(B(O)O)cc3)nc2s1. The summed E-state index contributed by atoms with van der Waals surface area (Å²) in [5.74, 6) is 0. The summed E-state index contributed by atoms with van der Waals surface area (Å²) in [6, 6.07) is 6.50. The maximum absolute atomic E-state index is 11.2. The van der Waals surface area contributed by atoms with Crippen molar-refractivity contribution in [3.05, 3.63) is 30.5 Å². The van der Waals surface area contributed by atoms with Crippen LogP contribution in [-0.2, 0) is 10.0 Å². The number of rotatable bonds is 3. The molecule has 3 aromatic rings. The van der Waals surface area contributed by atoms with Crippen molar-refractivity contribution in [1.82, 2.24) is 14.6 Å². The van der Waals surface area contributed by atoms with E-state index < -0.39 is 17.1 Å². The van der Waals surface area contributed by atoms with Crippen molar-refractivity contribution < 1.29 is 18.5 Å². The predicted molar refractivity (Wildman–Crippen MR) is 77.5 cm³/mol. The second kappa shape index (κ2) is 4.89. The van der Waals surface area contributed by atoms with E-state index in [0.29, 0.717) is 16.1 Å². The van der Waals surface area contributed by atoms with Crippen LogP contribution in [0.3, 0.4) is 0 Å². The predicted octanol–water partition coefficient (Wildman–Crippen LogP) is -1.21. The zero-order valence-electron chi connectivity index (χ0n) is 10.4. The van der Waals surface area contributed by atoms with Crippen LogP contribution in [0, 0.1) is 0 Å². The van der Waals surface area contributed by atoms with Crippen LogP contribution in [-0.4, -0.2) is 40.2 Å². The van der Waals surface area contributed by atoms with E-state index in [1.807, 2.05) is 0 Å². The highest BCUT2D eigenvalue weighted by Gasteiger charge is 2.17. The van der Waals surface area contributed by atoms with Gasteiger partial charge in [0.1, 0.15) is 0 Å². The molecule has 0 radical (unpaired) electrons. The van der Waals surface area contributed by atoms with Gasteiger partial charge in [-0.05, 0) is 5.46 Å². The van der Waals surface area contributed by atoms with Gasteiger partial charge in [-0.1, -0.05) is 35.6 Å². The van der Waals surface area contributed by atoms with Crippen molar-refractivity contribution in [2.45, 2.75) is 4.34 Å². The number of hydrogen-bond acceptors (Lipinski definition) is 7. The van der Waals surface area contributed by atoms with E-state index in [2.05, 4.69) is 10.1 Å². The van der Waals surface area contributed by atoms with Crippen LogP contribution in [0.15, 0.2) is 34.8 Å². The molecule has 0 saturated heterocycles. The Morgan fingerprint density at radius 2 is 1.90 bits per heavy atom. The molecule has 0 spiro atoms. The molecule has 3 rings (SSSR count). The number of sulfonamides is 1. The van der Waals surface area contributed by atoms with Gasteiger partial charge in [0.15, 0.2) is 0 Å². The molecule has 0 aliphatic carbocycles. The van der Waals surface area contributed by atoms with Crippen LogP contribution in [0.5, 0.6) is 0 Å². The lowest BCUT2D eigenvalue weighted by Gasteiger charge is -2.00. The quantitative estimate of drug-likeness (QED) is 0.518. The van der Waals surface area contributed by atoms with Gasteiger partial charge in [0.25, 0.3) is 10.0 Å². The van der Waals surface area contributed by atoms with Gasteiger partial charge >= 0.3 is 7.12 Å². The van der Waals surface area contributed by atoms with Crippen molar-refractivity contribution in [1.29, 1.82) is 0 Å². The number of nitrogens with two attached hydrogens (primary N) is 1. The first-order chi connectivity index (χ1) is 9.84. The molecule has 4 N–H and O–H groups in total. The average Bonchev–Trinajstić information content (AvgIpc) is 2.96. The average molecular weight is 324 g/mol. The Balaban J connectivity index is 2.00. The zero-order valence-corrected chi connectivity index (χ0v) is 12.0. The van der Waals surface area contributed by atoms with Crippen molar-refractivity contribution in [2.75, 3.05) is 0 Å². The monoisotopic (exact) mass is 324 g/mol. The molecule has 0 amide bonds. The van der Waals surface area contributed by atoms with Crippen molar-refractivity contribution in [3.8, 4) is 11.3 Å². The number of benzene rings is 1. The number of primary sulfonamides is 1. The van der Waals surface area contributed by atoms with Gasteiger partial charge in [0.05, 0.1) is 11.9 Å². The molecule has 8 nitrogen and oxygen atoms in total. The maximum Gasteiger partial charge on any atom is 0.488 e. The fourth-order valence-electron chi connectivity index (χ4n) is 1.76. The van der Waals surface area contributed by atoms with Crippen LogP contribution >= 0.6 is 11.3 Å². The highest BCUT2D eigenvalue weighted by atomic mass is 32.2. The third-order valence-corrected chi connectivity index (χ3v) is 5.01. The summed E-state index contributed by atoms with van der Waals surface area (Å²) < 4.78 is 23.5.